The maximum atomic E-state index is 14.0. The summed E-state index contributed by atoms with van der Waals surface area (Å²) in [5.74, 6) is 1.06. The Morgan fingerprint density at radius 2 is 1.86 bits per heavy atom. The molecule has 0 aliphatic carbocycles. The fraction of sp³-hybridized carbons (Fsp3) is 0.375. The molecule has 2 aromatic carbocycles. The molecule has 4 aromatic rings. The summed E-state index contributed by atoms with van der Waals surface area (Å²) >= 11 is 1.83. The maximum absolute atomic E-state index is 14.0. The number of rotatable bonds is 9. The van der Waals surface area contributed by atoms with Crippen molar-refractivity contribution < 1.29 is 27.1 Å². The van der Waals surface area contributed by atoms with E-state index in [1.165, 1.54) is 16.8 Å². The van der Waals surface area contributed by atoms with Gasteiger partial charge in [0, 0.05) is 12.7 Å². The summed E-state index contributed by atoms with van der Waals surface area (Å²) in [6.07, 6.45) is -2.01. The first-order valence-corrected chi connectivity index (χ1v) is 15.6. The molecule has 0 bridgehead atoms. The van der Waals surface area contributed by atoms with Crippen LogP contribution in [0.5, 0.6) is 5.75 Å². The van der Waals surface area contributed by atoms with Gasteiger partial charge in [-0.3, -0.25) is 14.2 Å². The largest absolute Gasteiger partial charge is 0.494 e. The molecule has 1 amide bonds. The molecule has 1 aliphatic rings. The van der Waals surface area contributed by atoms with Crippen molar-refractivity contribution in [3.05, 3.63) is 93.9 Å². The first-order valence-electron chi connectivity index (χ1n) is 14.4. The van der Waals surface area contributed by atoms with Crippen LogP contribution in [-0.2, 0) is 17.4 Å². The highest BCUT2D eigenvalue weighted by atomic mass is 32.2. The van der Waals surface area contributed by atoms with Crippen molar-refractivity contribution >= 4 is 28.7 Å². The number of ether oxygens (including phenoxy) is 1. The van der Waals surface area contributed by atoms with E-state index in [9.17, 15) is 27.2 Å². The van der Waals surface area contributed by atoms with E-state index in [0.717, 1.165) is 30.4 Å². The number of pyridine rings is 1. The number of halogens is 4. The average Bonchev–Trinajstić information content (AvgIpc) is 3.01. The van der Waals surface area contributed by atoms with E-state index in [0.29, 0.717) is 36.0 Å². The zero-order valence-corrected chi connectivity index (χ0v) is 25.1. The van der Waals surface area contributed by atoms with E-state index in [1.807, 2.05) is 18.7 Å². The van der Waals surface area contributed by atoms with Gasteiger partial charge in [-0.2, -0.15) is 24.9 Å². The molecule has 1 atom stereocenters. The molecule has 1 aliphatic heterocycles. The standard InChI is InChI=1S/C32H32F4N4O3S/c1-3-43-24-9-7-23(8-10-24)40-30(38-29-25(31(40)42)5-4-14-37-29)20(2)39(19-21-12-15-44-16-13-21)28(41)18-22-6-11-27(33)26(17-22)32(34,35)36/h4-11,14,17,20-21H,3,12-13,15-16,18-19H2,1-2H3. The minimum atomic E-state index is -4.90. The average molecular weight is 629 g/mol. The summed E-state index contributed by atoms with van der Waals surface area (Å²) in [7, 11) is 0. The predicted molar refractivity (Wildman–Crippen MR) is 162 cm³/mol. The molecule has 12 heteroatoms. The summed E-state index contributed by atoms with van der Waals surface area (Å²) in [5, 5.41) is 0.297. The Morgan fingerprint density at radius 3 is 2.55 bits per heavy atom. The van der Waals surface area contributed by atoms with Gasteiger partial charge < -0.3 is 9.64 Å². The number of amides is 1. The fourth-order valence-corrected chi connectivity index (χ4v) is 6.63. The van der Waals surface area contributed by atoms with E-state index >= 15 is 0 Å². The van der Waals surface area contributed by atoms with Gasteiger partial charge in [-0.1, -0.05) is 6.07 Å². The van der Waals surface area contributed by atoms with E-state index in [-0.39, 0.29) is 34.9 Å². The number of thioether (sulfide) groups is 1. The molecule has 5 rings (SSSR count). The highest BCUT2D eigenvalue weighted by molar-refractivity contribution is 7.99. The molecule has 3 heterocycles. The van der Waals surface area contributed by atoms with Crippen LogP contribution in [0, 0.1) is 11.7 Å². The highest BCUT2D eigenvalue weighted by Crippen LogP contribution is 2.33. The number of alkyl halides is 3. The van der Waals surface area contributed by atoms with E-state index < -0.39 is 29.5 Å². The number of carbonyl (C=O) groups excluding carboxylic acids is 1. The van der Waals surface area contributed by atoms with Crippen LogP contribution in [0.15, 0.2) is 65.6 Å². The van der Waals surface area contributed by atoms with Crippen LogP contribution in [0.4, 0.5) is 17.6 Å². The Labute approximate surface area is 256 Å². The second kappa shape index (κ2) is 13.4. The second-order valence-electron chi connectivity index (χ2n) is 10.7. The van der Waals surface area contributed by atoms with Crippen molar-refractivity contribution in [1.82, 2.24) is 19.4 Å². The molecule has 0 saturated carbocycles. The summed E-state index contributed by atoms with van der Waals surface area (Å²) in [6.45, 7) is 4.42. The number of hydrogen-bond donors (Lipinski definition) is 0. The lowest BCUT2D eigenvalue weighted by molar-refractivity contribution is -0.140. The Hall–Kier alpha value is -3.93. The lowest BCUT2D eigenvalue weighted by Crippen LogP contribution is -2.41. The quantitative estimate of drug-likeness (QED) is 0.194. The van der Waals surface area contributed by atoms with Crippen LogP contribution in [0.2, 0.25) is 0 Å². The van der Waals surface area contributed by atoms with Crippen LogP contribution >= 0.6 is 11.8 Å². The Kier molecular flexibility index (Phi) is 9.57. The first kappa shape index (κ1) is 31.5. The van der Waals surface area contributed by atoms with Gasteiger partial charge in [0.15, 0.2) is 5.65 Å². The number of nitrogens with zero attached hydrogens (tertiary/aromatic N) is 4. The highest BCUT2D eigenvalue weighted by Gasteiger charge is 2.35. The SMILES string of the molecule is CCOc1ccc(-n2c(C(C)N(CC3CCSCC3)C(=O)Cc3ccc(F)c(C(F)(F)F)c3)nc3ncccc3c2=O)cc1. The molecule has 2 aromatic heterocycles. The molecule has 44 heavy (non-hydrogen) atoms. The van der Waals surface area contributed by atoms with E-state index in [2.05, 4.69) is 4.98 Å². The van der Waals surface area contributed by atoms with Gasteiger partial charge in [0.25, 0.3) is 5.56 Å². The fourth-order valence-electron chi connectivity index (χ4n) is 5.42. The zero-order valence-electron chi connectivity index (χ0n) is 24.3. The number of hydrogen-bond acceptors (Lipinski definition) is 6. The van der Waals surface area contributed by atoms with Crippen LogP contribution < -0.4 is 10.3 Å². The zero-order chi connectivity index (χ0) is 31.4. The van der Waals surface area contributed by atoms with Crippen molar-refractivity contribution in [2.24, 2.45) is 5.92 Å². The third-order valence-electron chi connectivity index (χ3n) is 7.72. The third kappa shape index (κ3) is 6.90. The summed E-state index contributed by atoms with van der Waals surface area (Å²) < 4.78 is 61.3. The molecule has 1 unspecified atom stereocenters. The topological polar surface area (TPSA) is 77.3 Å². The van der Waals surface area contributed by atoms with Gasteiger partial charge in [-0.05, 0) is 98.2 Å². The number of fused-ring (bicyclic) bond motifs is 1. The van der Waals surface area contributed by atoms with Gasteiger partial charge >= 0.3 is 6.18 Å². The smallest absolute Gasteiger partial charge is 0.419 e. The minimum Gasteiger partial charge on any atom is -0.494 e. The predicted octanol–water partition coefficient (Wildman–Crippen LogP) is 6.61. The molecule has 7 nitrogen and oxygen atoms in total. The van der Waals surface area contributed by atoms with Crippen LogP contribution in [0.25, 0.3) is 16.7 Å². The monoisotopic (exact) mass is 628 g/mol. The Bertz CT molecular complexity index is 1690. The second-order valence-corrected chi connectivity index (χ2v) is 11.9. The van der Waals surface area contributed by atoms with Gasteiger partial charge in [0.1, 0.15) is 17.4 Å². The molecule has 1 saturated heterocycles. The van der Waals surface area contributed by atoms with Crippen molar-refractivity contribution in [3.8, 4) is 11.4 Å². The third-order valence-corrected chi connectivity index (χ3v) is 8.77. The van der Waals surface area contributed by atoms with Gasteiger partial charge in [0.05, 0.1) is 35.7 Å². The van der Waals surface area contributed by atoms with Crippen LogP contribution in [0.3, 0.4) is 0 Å². The number of carbonyl (C=O) groups is 1. The summed E-state index contributed by atoms with van der Waals surface area (Å²) in [6, 6.07) is 12.1. The van der Waals surface area contributed by atoms with Gasteiger partial charge in [-0.15, -0.1) is 0 Å². The molecule has 232 valence electrons. The Balaban J connectivity index is 1.58. The molecule has 0 spiro atoms. The van der Waals surface area contributed by atoms with Crippen LogP contribution in [0.1, 0.15) is 49.7 Å². The van der Waals surface area contributed by atoms with Gasteiger partial charge in [-0.25, -0.2) is 14.4 Å². The van der Waals surface area contributed by atoms with Crippen molar-refractivity contribution in [3.63, 3.8) is 0 Å². The first-order chi connectivity index (χ1) is 21.1. The van der Waals surface area contributed by atoms with Crippen molar-refractivity contribution in [2.75, 3.05) is 24.7 Å². The molecular formula is C32H32F4N4O3S. The molecule has 1 fully saturated rings. The Morgan fingerprint density at radius 1 is 1.14 bits per heavy atom. The summed E-state index contributed by atoms with van der Waals surface area (Å²) in [4.78, 5) is 38.5. The lowest BCUT2D eigenvalue weighted by Gasteiger charge is -2.34. The van der Waals surface area contributed by atoms with Crippen LogP contribution in [-0.4, -0.2) is 50.0 Å². The van der Waals surface area contributed by atoms with E-state index in [1.54, 1.807) is 48.2 Å². The minimum absolute atomic E-state index is 0.0390. The molecule has 0 N–H and O–H groups in total. The van der Waals surface area contributed by atoms with Gasteiger partial charge in [0.2, 0.25) is 5.91 Å². The molecular weight excluding hydrogens is 596 g/mol. The van der Waals surface area contributed by atoms with Crippen molar-refractivity contribution in [2.45, 2.75) is 45.3 Å². The van der Waals surface area contributed by atoms with E-state index in [4.69, 9.17) is 9.72 Å². The lowest BCUT2D eigenvalue weighted by atomic mass is 10.00. The maximum Gasteiger partial charge on any atom is 0.419 e. The van der Waals surface area contributed by atoms with Crippen molar-refractivity contribution in [1.29, 1.82) is 0 Å². The number of aromatic nitrogens is 3. The summed E-state index contributed by atoms with van der Waals surface area (Å²) in [5.41, 5.74) is -1.02. The number of benzene rings is 2. The normalized spacial score (nSPS) is 14.9. The molecule has 0 radical (unpaired) electrons.